The summed E-state index contributed by atoms with van der Waals surface area (Å²) in [7, 11) is 2.12. The molecular formula is C18H23NO. The third kappa shape index (κ3) is 4.39. The minimum atomic E-state index is 0.290. The summed E-state index contributed by atoms with van der Waals surface area (Å²) in [4.78, 5) is 2.26. The van der Waals surface area contributed by atoms with Crippen LogP contribution in [0.3, 0.4) is 0 Å². The molecule has 0 fully saturated rings. The highest BCUT2D eigenvalue weighted by Gasteiger charge is 2.02. The second kappa shape index (κ2) is 7.71. The fourth-order valence-corrected chi connectivity index (χ4v) is 2.31. The molecule has 106 valence electrons. The van der Waals surface area contributed by atoms with Crippen LogP contribution in [0.1, 0.15) is 24.0 Å². The average molecular weight is 269 g/mol. The maximum Gasteiger partial charge on any atom is 0.0431 e. The van der Waals surface area contributed by atoms with Gasteiger partial charge in [-0.3, -0.25) is 0 Å². The summed E-state index contributed by atoms with van der Waals surface area (Å²) in [5, 5.41) is 8.79. The molecule has 0 aliphatic carbocycles. The fourth-order valence-electron chi connectivity index (χ4n) is 2.31. The molecule has 2 aromatic rings. The van der Waals surface area contributed by atoms with Crippen molar-refractivity contribution in [3.05, 3.63) is 65.7 Å². The molecule has 0 atom stereocenters. The van der Waals surface area contributed by atoms with Crippen LogP contribution in [0.15, 0.2) is 54.6 Å². The molecule has 0 saturated carbocycles. The summed E-state index contributed by atoms with van der Waals surface area (Å²) >= 11 is 0. The van der Waals surface area contributed by atoms with Gasteiger partial charge in [0, 0.05) is 25.9 Å². The van der Waals surface area contributed by atoms with E-state index in [1.165, 1.54) is 16.8 Å². The van der Waals surface area contributed by atoms with E-state index in [1.54, 1.807) is 0 Å². The number of hydrogen-bond donors (Lipinski definition) is 1. The lowest BCUT2D eigenvalue weighted by atomic mass is 10.1. The van der Waals surface area contributed by atoms with E-state index < -0.39 is 0 Å². The molecule has 2 aromatic carbocycles. The van der Waals surface area contributed by atoms with Crippen LogP contribution in [-0.2, 0) is 13.0 Å². The highest BCUT2D eigenvalue weighted by molar-refractivity contribution is 5.47. The normalized spacial score (nSPS) is 10.5. The second-order valence-electron chi connectivity index (χ2n) is 5.19. The number of unbranched alkanes of at least 4 members (excludes halogenated alkanes) is 1. The lowest BCUT2D eigenvalue weighted by molar-refractivity contribution is 0.284. The third-order valence-corrected chi connectivity index (χ3v) is 3.51. The van der Waals surface area contributed by atoms with Gasteiger partial charge in [-0.2, -0.15) is 0 Å². The summed E-state index contributed by atoms with van der Waals surface area (Å²) in [6.07, 6.45) is 2.98. The molecule has 20 heavy (non-hydrogen) atoms. The molecule has 0 unspecified atom stereocenters. The Morgan fingerprint density at radius 1 is 0.850 bits per heavy atom. The van der Waals surface area contributed by atoms with Crippen molar-refractivity contribution in [2.24, 2.45) is 0 Å². The van der Waals surface area contributed by atoms with Gasteiger partial charge in [-0.05, 0) is 42.5 Å². The van der Waals surface area contributed by atoms with E-state index in [1.807, 2.05) is 6.07 Å². The zero-order chi connectivity index (χ0) is 14.2. The summed E-state index contributed by atoms with van der Waals surface area (Å²) in [5.74, 6) is 0. The first-order valence-electron chi connectivity index (χ1n) is 7.24. The first-order chi connectivity index (χ1) is 9.79. The van der Waals surface area contributed by atoms with Crippen LogP contribution >= 0.6 is 0 Å². The van der Waals surface area contributed by atoms with Crippen LogP contribution in [0.2, 0.25) is 0 Å². The Labute approximate surface area is 121 Å². The number of rotatable bonds is 7. The molecule has 0 aliphatic rings. The highest BCUT2D eigenvalue weighted by atomic mass is 16.2. The van der Waals surface area contributed by atoms with E-state index in [0.717, 1.165) is 25.8 Å². The quantitative estimate of drug-likeness (QED) is 0.776. The third-order valence-electron chi connectivity index (χ3n) is 3.51. The second-order valence-corrected chi connectivity index (χ2v) is 5.19. The molecule has 0 radical (unpaired) electrons. The van der Waals surface area contributed by atoms with Crippen LogP contribution in [0.5, 0.6) is 0 Å². The van der Waals surface area contributed by atoms with Gasteiger partial charge in [0.25, 0.3) is 0 Å². The summed E-state index contributed by atoms with van der Waals surface area (Å²) in [5.41, 5.74) is 3.90. The Morgan fingerprint density at radius 3 is 2.20 bits per heavy atom. The van der Waals surface area contributed by atoms with Gasteiger partial charge >= 0.3 is 0 Å². The highest BCUT2D eigenvalue weighted by Crippen LogP contribution is 2.17. The van der Waals surface area contributed by atoms with Crippen molar-refractivity contribution in [3.63, 3.8) is 0 Å². The lowest BCUT2D eigenvalue weighted by Crippen LogP contribution is -2.16. The molecule has 0 bridgehead atoms. The molecule has 0 aromatic heterocycles. The van der Waals surface area contributed by atoms with E-state index >= 15 is 0 Å². The number of hydrogen-bond acceptors (Lipinski definition) is 2. The summed E-state index contributed by atoms with van der Waals surface area (Å²) in [6, 6.07) is 19.2. The Balaban J connectivity index is 1.92. The van der Waals surface area contributed by atoms with Crippen LogP contribution in [0.4, 0.5) is 5.69 Å². The van der Waals surface area contributed by atoms with Crippen LogP contribution in [-0.4, -0.2) is 18.8 Å². The Hall–Kier alpha value is -1.80. The van der Waals surface area contributed by atoms with Gasteiger partial charge in [-0.15, -0.1) is 0 Å². The number of aliphatic hydroxyl groups is 1. The molecule has 0 heterocycles. The van der Waals surface area contributed by atoms with Crippen LogP contribution < -0.4 is 4.90 Å². The van der Waals surface area contributed by atoms with E-state index in [-0.39, 0.29) is 6.61 Å². The first-order valence-corrected chi connectivity index (χ1v) is 7.24. The standard InChI is InChI=1S/C18H23NO/c1-19(15-17-8-3-2-4-9-17)18-12-10-16(11-13-18)7-5-6-14-20/h2-4,8-13,20H,5-7,14-15H2,1H3. The van der Waals surface area contributed by atoms with Crippen molar-refractivity contribution in [3.8, 4) is 0 Å². The average Bonchev–Trinajstić information content (AvgIpc) is 2.49. The number of aryl methyl sites for hydroxylation is 1. The Kier molecular flexibility index (Phi) is 5.63. The van der Waals surface area contributed by atoms with E-state index in [2.05, 4.69) is 60.5 Å². The maximum absolute atomic E-state index is 8.79. The molecule has 0 spiro atoms. The van der Waals surface area contributed by atoms with E-state index in [9.17, 15) is 0 Å². The molecule has 2 rings (SSSR count). The molecule has 0 saturated heterocycles. The number of nitrogens with zero attached hydrogens (tertiary/aromatic N) is 1. The van der Waals surface area contributed by atoms with Crippen LogP contribution in [0.25, 0.3) is 0 Å². The molecule has 1 N–H and O–H groups in total. The van der Waals surface area contributed by atoms with Crippen molar-refractivity contribution in [1.82, 2.24) is 0 Å². The molecule has 2 heteroatoms. The fraction of sp³-hybridized carbons (Fsp3) is 0.333. The van der Waals surface area contributed by atoms with E-state index in [4.69, 9.17) is 5.11 Å². The van der Waals surface area contributed by atoms with Gasteiger partial charge in [-0.25, -0.2) is 0 Å². The van der Waals surface area contributed by atoms with E-state index in [0.29, 0.717) is 0 Å². The minimum absolute atomic E-state index is 0.290. The number of aliphatic hydroxyl groups excluding tert-OH is 1. The van der Waals surface area contributed by atoms with Gasteiger partial charge in [-0.1, -0.05) is 42.5 Å². The molecule has 0 amide bonds. The smallest absolute Gasteiger partial charge is 0.0431 e. The summed E-state index contributed by atoms with van der Waals surface area (Å²) in [6.45, 7) is 1.21. The number of anilines is 1. The molecule has 2 nitrogen and oxygen atoms in total. The largest absolute Gasteiger partial charge is 0.396 e. The SMILES string of the molecule is CN(Cc1ccccc1)c1ccc(CCCCO)cc1. The molecular weight excluding hydrogens is 246 g/mol. The predicted molar refractivity (Wildman–Crippen MR) is 85.0 cm³/mol. The van der Waals surface area contributed by atoms with Gasteiger partial charge in [0.15, 0.2) is 0 Å². The molecule has 0 aliphatic heterocycles. The van der Waals surface area contributed by atoms with Crippen molar-refractivity contribution >= 4 is 5.69 Å². The maximum atomic E-state index is 8.79. The van der Waals surface area contributed by atoms with Crippen LogP contribution in [0, 0.1) is 0 Å². The van der Waals surface area contributed by atoms with Crippen molar-refractivity contribution < 1.29 is 5.11 Å². The minimum Gasteiger partial charge on any atom is -0.396 e. The van der Waals surface area contributed by atoms with Crippen molar-refractivity contribution in [2.75, 3.05) is 18.6 Å². The van der Waals surface area contributed by atoms with Gasteiger partial charge < -0.3 is 10.0 Å². The monoisotopic (exact) mass is 269 g/mol. The zero-order valence-corrected chi connectivity index (χ0v) is 12.1. The van der Waals surface area contributed by atoms with Gasteiger partial charge in [0.1, 0.15) is 0 Å². The predicted octanol–water partition coefficient (Wildman–Crippen LogP) is 3.64. The lowest BCUT2D eigenvalue weighted by Gasteiger charge is -2.19. The van der Waals surface area contributed by atoms with Gasteiger partial charge in [0.2, 0.25) is 0 Å². The number of benzene rings is 2. The first kappa shape index (κ1) is 14.6. The van der Waals surface area contributed by atoms with Crippen molar-refractivity contribution in [1.29, 1.82) is 0 Å². The van der Waals surface area contributed by atoms with Gasteiger partial charge in [0.05, 0.1) is 0 Å². The Morgan fingerprint density at radius 2 is 1.55 bits per heavy atom. The van der Waals surface area contributed by atoms with Crippen molar-refractivity contribution in [2.45, 2.75) is 25.8 Å². The topological polar surface area (TPSA) is 23.5 Å². The Bertz CT molecular complexity index is 493. The zero-order valence-electron chi connectivity index (χ0n) is 12.1. The summed E-state index contributed by atoms with van der Waals surface area (Å²) < 4.78 is 0.